The molecule has 0 atom stereocenters. The molecule has 0 amide bonds. The van der Waals surface area contributed by atoms with E-state index in [-0.39, 0.29) is 6.04 Å². The predicted octanol–water partition coefficient (Wildman–Crippen LogP) is 3.93. The summed E-state index contributed by atoms with van der Waals surface area (Å²) in [5.41, 5.74) is 2.30. The van der Waals surface area contributed by atoms with Gasteiger partial charge in [-0.3, -0.25) is 5.32 Å². The Balaban J connectivity index is 1.96. The van der Waals surface area contributed by atoms with Gasteiger partial charge in [0.25, 0.3) is 0 Å². The molecule has 22 heavy (non-hydrogen) atoms. The van der Waals surface area contributed by atoms with Crippen molar-refractivity contribution in [3.8, 4) is 0 Å². The Morgan fingerprint density at radius 1 is 0.818 bits per heavy atom. The Morgan fingerprint density at radius 2 is 1.27 bits per heavy atom. The molecule has 1 saturated carbocycles. The first-order valence-electron chi connectivity index (χ1n) is 7.77. The zero-order valence-electron chi connectivity index (χ0n) is 12.5. The van der Waals surface area contributed by atoms with E-state index in [1.165, 1.54) is 0 Å². The molecule has 0 saturated heterocycles. The molecule has 2 aromatic rings. The monoisotopic (exact) mass is 315 g/mol. The number of hydrogen-bond donors (Lipinski definition) is 3. The van der Waals surface area contributed by atoms with Crippen LogP contribution in [0.15, 0.2) is 60.7 Å². The van der Waals surface area contributed by atoms with Crippen LogP contribution in [0.1, 0.15) is 42.9 Å². The second kappa shape index (κ2) is 6.89. The SMILES string of the molecule is OP(O)C1(NC(c2ccccc2)c2ccccc2)CCCC1. The second-order valence-corrected chi connectivity index (χ2v) is 7.36. The highest BCUT2D eigenvalue weighted by Crippen LogP contribution is 2.52. The van der Waals surface area contributed by atoms with Crippen LogP contribution in [0, 0.1) is 0 Å². The van der Waals surface area contributed by atoms with E-state index < -0.39 is 13.7 Å². The van der Waals surface area contributed by atoms with Gasteiger partial charge in [0, 0.05) is 0 Å². The van der Waals surface area contributed by atoms with E-state index in [1.807, 2.05) is 36.4 Å². The first-order chi connectivity index (χ1) is 10.7. The molecule has 1 fully saturated rings. The van der Waals surface area contributed by atoms with E-state index in [2.05, 4.69) is 29.6 Å². The molecule has 116 valence electrons. The smallest absolute Gasteiger partial charge is 0.186 e. The highest BCUT2D eigenvalue weighted by atomic mass is 31.2. The van der Waals surface area contributed by atoms with Crippen molar-refractivity contribution in [2.24, 2.45) is 0 Å². The standard InChI is InChI=1S/C18H22NO2P/c20-22(21)18(13-7-8-14-18)19-17(15-9-3-1-4-10-15)16-11-5-2-6-12-16/h1-6,9-12,17,19-21H,7-8,13-14H2. The lowest BCUT2D eigenvalue weighted by molar-refractivity contribution is 0.350. The van der Waals surface area contributed by atoms with Gasteiger partial charge in [-0.05, 0) is 24.0 Å². The zero-order valence-corrected chi connectivity index (χ0v) is 13.4. The fourth-order valence-corrected chi connectivity index (χ4v) is 4.24. The maximum Gasteiger partial charge on any atom is 0.186 e. The van der Waals surface area contributed by atoms with Gasteiger partial charge in [0.15, 0.2) is 8.38 Å². The van der Waals surface area contributed by atoms with Gasteiger partial charge in [0.05, 0.1) is 11.3 Å². The first kappa shape index (κ1) is 15.6. The lowest BCUT2D eigenvalue weighted by Gasteiger charge is -2.36. The quantitative estimate of drug-likeness (QED) is 0.733. The van der Waals surface area contributed by atoms with Gasteiger partial charge < -0.3 is 9.79 Å². The third-order valence-corrected chi connectivity index (χ3v) is 5.83. The van der Waals surface area contributed by atoms with Crippen molar-refractivity contribution in [2.75, 3.05) is 0 Å². The summed E-state index contributed by atoms with van der Waals surface area (Å²) < 4.78 is 0. The molecule has 3 rings (SSSR count). The first-order valence-corrected chi connectivity index (χ1v) is 9.02. The van der Waals surface area contributed by atoms with Crippen LogP contribution < -0.4 is 5.32 Å². The normalized spacial score (nSPS) is 17.3. The number of nitrogens with one attached hydrogen (secondary N) is 1. The van der Waals surface area contributed by atoms with E-state index in [4.69, 9.17) is 0 Å². The fourth-order valence-electron chi connectivity index (χ4n) is 3.28. The average molecular weight is 315 g/mol. The van der Waals surface area contributed by atoms with Crippen molar-refractivity contribution in [1.82, 2.24) is 5.32 Å². The molecule has 3 N–H and O–H groups in total. The molecule has 1 aliphatic rings. The Bertz CT molecular complexity index is 543. The van der Waals surface area contributed by atoms with Crippen LogP contribution in [0.25, 0.3) is 0 Å². The van der Waals surface area contributed by atoms with Crippen molar-refractivity contribution in [1.29, 1.82) is 0 Å². The van der Waals surface area contributed by atoms with Gasteiger partial charge in [0.2, 0.25) is 0 Å². The van der Waals surface area contributed by atoms with Crippen LogP contribution in [0.3, 0.4) is 0 Å². The Morgan fingerprint density at radius 3 is 1.68 bits per heavy atom. The van der Waals surface area contributed by atoms with Crippen LogP contribution >= 0.6 is 8.38 Å². The van der Waals surface area contributed by atoms with Crippen LogP contribution in [-0.4, -0.2) is 15.1 Å². The van der Waals surface area contributed by atoms with Gasteiger partial charge >= 0.3 is 0 Å². The topological polar surface area (TPSA) is 52.5 Å². The minimum atomic E-state index is -2.01. The summed E-state index contributed by atoms with van der Waals surface area (Å²) in [6.45, 7) is 0. The lowest BCUT2D eigenvalue weighted by atomic mass is 9.97. The van der Waals surface area contributed by atoms with Gasteiger partial charge in [-0.15, -0.1) is 0 Å². The maximum atomic E-state index is 10.0. The molecule has 3 nitrogen and oxygen atoms in total. The Hall–Kier alpha value is -1.25. The van der Waals surface area contributed by atoms with E-state index >= 15 is 0 Å². The van der Waals surface area contributed by atoms with E-state index in [9.17, 15) is 9.79 Å². The van der Waals surface area contributed by atoms with Crippen LogP contribution in [-0.2, 0) is 0 Å². The highest BCUT2D eigenvalue weighted by Gasteiger charge is 2.42. The lowest BCUT2D eigenvalue weighted by Crippen LogP contribution is -2.43. The van der Waals surface area contributed by atoms with Crippen molar-refractivity contribution in [2.45, 2.75) is 37.0 Å². The number of benzene rings is 2. The van der Waals surface area contributed by atoms with Crippen molar-refractivity contribution < 1.29 is 9.79 Å². The summed E-state index contributed by atoms with van der Waals surface area (Å²) in [5, 5.41) is 3.04. The molecule has 4 heteroatoms. The summed E-state index contributed by atoms with van der Waals surface area (Å²) in [7, 11) is -2.01. The molecule has 0 aromatic heterocycles. The number of rotatable bonds is 5. The molecule has 0 bridgehead atoms. The van der Waals surface area contributed by atoms with Crippen molar-refractivity contribution >= 4 is 8.38 Å². The third-order valence-electron chi connectivity index (χ3n) is 4.49. The minimum absolute atomic E-state index is 0.0233. The summed E-state index contributed by atoms with van der Waals surface area (Å²) >= 11 is 0. The van der Waals surface area contributed by atoms with Crippen LogP contribution in [0.5, 0.6) is 0 Å². The maximum absolute atomic E-state index is 10.0. The van der Waals surface area contributed by atoms with E-state index in [0.29, 0.717) is 0 Å². The molecular weight excluding hydrogens is 293 g/mol. The van der Waals surface area contributed by atoms with Crippen LogP contribution in [0.2, 0.25) is 0 Å². The summed E-state index contributed by atoms with van der Waals surface area (Å²) in [6.07, 6.45) is 3.73. The van der Waals surface area contributed by atoms with Crippen LogP contribution in [0.4, 0.5) is 0 Å². The van der Waals surface area contributed by atoms with Gasteiger partial charge in [-0.25, -0.2) is 0 Å². The largest absolute Gasteiger partial charge is 0.349 e. The molecule has 0 unspecified atom stereocenters. The summed E-state index contributed by atoms with van der Waals surface area (Å²) in [5.74, 6) is 0. The fraction of sp³-hybridized carbons (Fsp3) is 0.333. The molecule has 0 spiro atoms. The minimum Gasteiger partial charge on any atom is -0.349 e. The zero-order chi connectivity index (χ0) is 15.4. The molecule has 0 heterocycles. The molecule has 2 aromatic carbocycles. The molecule has 1 aliphatic carbocycles. The Labute approximate surface area is 132 Å². The molecule has 0 radical (unpaired) electrons. The number of hydrogen-bond acceptors (Lipinski definition) is 3. The summed E-state index contributed by atoms with van der Waals surface area (Å²) in [6, 6.07) is 20.4. The van der Waals surface area contributed by atoms with Gasteiger partial charge in [-0.1, -0.05) is 73.5 Å². The van der Waals surface area contributed by atoms with E-state index in [1.54, 1.807) is 0 Å². The van der Waals surface area contributed by atoms with Crippen molar-refractivity contribution in [3.05, 3.63) is 71.8 Å². The third kappa shape index (κ3) is 3.23. The average Bonchev–Trinajstić information content (AvgIpc) is 3.04. The van der Waals surface area contributed by atoms with Gasteiger partial charge in [0.1, 0.15) is 0 Å². The predicted molar refractivity (Wildman–Crippen MR) is 90.4 cm³/mol. The second-order valence-electron chi connectivity index (χ2n) is 5.93. The highest BCUT2D eigenvalue weighted by molar-refractivity contribution is 7.47. The van der Waals surface area contributed by atoms with Crippen molar-refractivity contribution in [3.63, 3.8) is 0 Å². The van der Waals surface area contributed by atoms with Gasteiger partial charge in [-0.2, -0.15) is 0 Å². The molecule has 0 aliphatic heterocycles. The Kier molecular flexibility index (Phi) is 4.90. The van der Waals surface area contributed by atoms with E-state index in [0.717, 1.165) is 36.8 Å². The summed E-state index contributed by atoms with van der Waals surface area (Å²) in [4.78, 5) is 20.0. The molecular formula is C18H22NO2P.